The van der Waals surface area contributed by atoms with Crippen LogP contribution in [0.5, 0.6) is 0 Å². The van der Waals surface area contributed by atoms with Crippen molar-refractivity contribution in [2.24, 2.45) is 17.6 Å². The van der Waals surface area contributed by atoms with Crippen molar-refractivity contribution in [3.63, 3.8) is 0 Å². The summed E-state index contributed by atoms with van der Waals surface area (Å²) in [5.41, 5.74) is 6.00. The Bertz CT molecular complexity index is 447. The zero-order valence-electron chi connectivity index (χ0n) is 12.5. The Morgan fingerprint density at radius 1 is 1.29 bits per heavy atom. The number of rotatable bonds is 10. The molecule has 0 bridgehead atoms. The zero-order chi connectivity index (χ0) is 16.4. The topological polar surface area (TPSA) is 97.5 Å². The maximum atomic E-state index is 11.8. The Labute approximate surface area is 125 Å². The fourth-order valence-electron chi connectivity index (χ4n) is 1.84. The van der Waals surface area contributed by atoms with Crippen LogP contribution in [0.1, 0.15) is 33.1 Å². The van der Waals surface area contributed by atoms with Gasteiger partial charge in [-0.2, -0.15) is 0 Å². The third kappa shape index (κ3) is 9.38. The molecule has 2 atom stereocenters. The molecule has 0 aliphatic carbocycles. The highest BCUT2D eigenvalue weighted by Crippen LogP contribution is 2.14. The maximum absolute atomic E-state index is 11.8. The summed E-state index contributed by atoms with van der Waals surface area (Å²) in [6.07, 6.45) is 6.68. The molecule has 1 amide bonds. The smallest absolute Gasteiger partial charge is 0.303 e. The van der Waals surface area contributed by atoms with Gasteiger partial charge in [-0.05, 0) is 25.3 Å². The summed E-state index contributed by atoms with van der Waals surface area (Å²) in [6, 6.07) is 0. The highest BCUT2D eigenvalue weighted by Gasteiger charge is 2.15. The van der Waals surface area contributed by atoms with Gasteiger partial charge in [0, 0.05) is 18.8 Å². The first-order valence-corrected chi connectivity index (χ1v) is 6.77. The van der Waals surface area contributed by atoms with Crippen LogP contribution >= 0.6 is 0 Å². The zero-order valence-corrected chi connectivity index (χ0v) is 12.5. The highest BCUT2D eigenvalue weighted by atomic mass is 16.4. The second-order valence-electron chi connectivity index (χ2n) is 5.08. The van der Waals surface area contributed by atoms with E-state index in [0.29, 0.717) is 6.42 Å². The van der Waals surface area contributed by atoms with E-state index in [1.54, 1.807) is 25.2 Å². The predicted octanol–water partition coefficient (Wildman–Crippen LogP) is 2.24. The van der Waals surface area contributed by atoms with Gasteiger partial charge in [0.1, 0.15) is 0 Å². The fourth-order valence-corrected chi connectivity index (χ4v) is 1.84. The van der Waals surface area contributed by atoms with E-state index in [1.165, 1.54) is 6.08 Å². The number of carbonyl (C=O) groups is 3. The molecule has 0 saturated heterocycles. The monoisotopic (exact) mass is 293 g/mol. The summed E-state index contributed by atoms with van der Waals surface area (Å²) >= 11 is 0. The molecule has 0 spiro atoms. The van der Waals surface area contributed by atoms with Crippen molar-refractivity contribution in [2.45, 2.75) is 33.1 Å². The van der Waals surface area contributed by atoms with Crippen LogP contribution < -0.4 is 5.73 Å². The van der Waals surface area contributed by atoms with Crippen LogP contribution in [0.3, 0.4) is 0 Å². The lowest BCUT2D eigenvalue weighted by molar-refractivity contribution is -0.138. The molecule has 0 radical (unpaired) electrons. The minimum Gasteiger partial charge on any atom is -0.481 e. The van der Waals surface area contributed by atoms with Gasteiger partial charge >= 0.3 is 5.97 Å². The number of carbonyl (C=O) groups excluding carboxylic acids is 2. The second-order valence-corrected chi connectivity index (χ2v) is 5.08. The van der Waals surface area contributed by atoms with E-state index in [1.807, 2.05) is 6.92 Å². The van der Waals surface area contributed by atoms with Crippen LogP contribution in [-0.2, 0) is 14.4 Å². The Morgan fingerprint density at radius 3 is 2.38 bits per heavy atom. The molecule has 3 N–H and O–H groups in total. The number of primary amides is 1. The van der Waals surface area contributed by atoms with Crippen molar-refractivity contribution in [1.82, 2.24) is 0 Å². The molecule has 0 rings (SSSR count). The van der Waals surface area contributed by atoms with Crippen LogP contribution in [0.4, 0.5) is 0 Å². The number of hydrogen-bond donors (Lipinski definition) is 2. The molecule has 0 aliphatic heterocycles. The molecular formula is C16H23NO4. The summed E-state index contributed by atoms with van der Waals surface area (Å²) in [6.45, 7) is 7.25. The SMILES string of the molecule is C=CC(C)=CC(C)C(=O)C=CCC(CC(N)=O)CC(=O)O. The van der Waals surface area contributed by atoms with Gasteiger partial charge in [-0.1, -0.05) is 37.3 Å². The van der Waals surface area contributed by atoms with E-state index >= 15 is 0 Å². The average molecular weight is 293 g/mol. The van der Waals surface area contributed by atoms with Crippen LogP contribution in [0.25, 0.3) is 0 Å². The van der Waals surface area contributed by atoms with Crippen LogP contribution in [0.15, 0.2) is 36.5 Å². The molecule has 0 aromatic carbocycles. The number of nitrogens with two attached hydrogens (primary N) is 1. The van der Waals surface area contributed by atoms with Gasteiger partial charge in [0.15, 0.2) is 5.78 Å². The number of amides is 1. The van der Waals surface area contributed by atoms with Crippen molar-refractivity contribution in [2.75, 3.05) is 0 Å². The number of allylic oxidation sites excluding steroid dienone is 5. The van der Waals surface area contributed by atoms with Crippen molar-refractivity contribution in [1.29, 1.82) is 0 Å². The molecule has 0 aromatic heterocycles. The van der Waals surface area contributed by atoms with Gasteiger partial charge in [-0.25, -0.2) is 0 Å². The number of hydrogen-bond acceptors (Lipinski definition) is 3. The summed E-state index contributed by atoms with van der Waals surface area (Å²) < 4.78 is 0. The molecule has 116 valence electrons. The minimum absolute atomic E-state index is 0.00411. The van der Waals surface area contributed by atoms with Crippen LogP contribution in [0.2, 0.25) is 0 Å². The molecule has 5 heteroatoms. The second kappa shape index (κ2) is 9.69. The van der Waals surface area contributed by atoms with E-state index in [0.717, 1.165) is 5.57 Å². The molecule has 0 aliphatic rings. The Kier molecular flexibility index (Phi) is 8.69. The predicted molar refractivity (Wildman–Crippen MR) is 81.4 cm³/mol. The van der Waals surface area contributed by atoms with Crippen molar-refractivity contribution in [3.8, 4) is 0 Å². The Morgan fingerprint density at radius 2 is 1.90 bits per heavy atom. The summed E-state index contributed by atoms with van der Waals surface area (Å²) in [5, 5.41) is 8.76. The highest BCUT2D eigenvalue weighted by molar-refractivity contribution is 5.92. The van der Waals surface area contributed by atoms with E-state index in [-0.39, 0.29) is 30.5 Å². The van der Waals surface area contributed by atoms with Gasteiger partial charge in [0.2, 0.25) is 5.91 Å². The Balaban J connectivity index is 4.56. The van der Waals surface area contributed by atoms with Gasteiger partial charge in [-0.15, -0.1) is 0 Å². The number of carboxylic acids is 1. The van der Waals surface area contributed by atoms with Gasteiger partial charge < -0.3 is 10.8 Å². The Hall–Kier alpha value is -2.17. The quantitative estimate of drug-likeness (QED) is 0.476. The normalized spacial score (nSPS) is 14.7. The van der Waals surface area contributed by atoms with E-state index in [4.69, 9.17) is 10.8 Å². The number of carboxylic acid groups (broad SMARTS) is 1. The van der Waals surface area contributed by atoms with Gasteiger partial charge in [0.25, 0.3) is 0 Å². The van der Waals surface area contributed by atoms with Crippen molar-refractivity contribution < 1.29 is 19.5 Å². The maximum Gasteiger partial charge on any atom is 0.303 e. The molecule has 0 saturated carbocycles. The molecule has 21 heavy (non-hydrogen) atoms. The number of aliphatic carboxylic acids is 1. The number of ketones is 1. The van der Waals surface area contributed by atoms with Crippen LogP contribution in [0, 0.1) is 11.8 Å². The molecule has 0 aromatic rings. The molecule has 5 nitrogen and oxygen atoms in total. The third-order valence-electron chi connectivity index (χ3n) is 2.99. The first kappa shape index (κ1) is 18.8. The summed E-state index contributed by atoms with van der Waals surface area (Å²) in [4.78, 5) is 33.4. The lowest BCUT2D eigenvalue weighted by Gasteiger charge is -2.09. The van der Waals surface area contributed by atoms with E-state index < -0.39 is 11.9 Å². The average Bonchev–Trinajstić information content (AvgIpc) is 2.36. The van der Waals surface area contributed by atoms with Gasteiger partial charge in [0.05, 0.1) is 0 Å². The van der Waals surface area contributed by atoms with Crippen LogP contribution in [-0.4, -0.2) is 22.8 Å². The first-order chi connectivity index (χ1) is 9.76. The largest absolute Gasteiger partial charge is 0.481 e. The third-order valence-corrected chi connectivity index (χ3v) is 2.99. The lowest BCUT2D eigenvalue weighted by Crippen LogP contribution is -2.18. The van der Waals surface area contributed by atoms with Gasteiger partial charge in [-0.3, -0.25) is 14.4 Å². The molecule has 0 fully saturated rings. The molecule has 0 heterocycles. The standard InChI is InChI=1S/C16H23NO4/c1-4-11(2)8-12(3)14(18)7-5-6-13(9-15(17)19)10-16(20)21/h4-5,7-8,12-13H,1,6,9-10H2,2-3H3,(H2,17,19)(H,20,21). The van der Waals surface area contributed by atoms with Crippen molar-refractivity contribution >= 4 is 17.7 Å². The lowest BCUT2D eigenvalue weighted by atomic mass is 9.96. The summed E-state index contributed by atoms with van der Waals surface area (Å²) in [7, 11) is 0. The first-order valence-electron chi connectivity index (χ1n) is 6.77. The molecular weight excluding hydrogens is 270 g/mol. The summed E-state index contributed by atoms with van der Waals surface area (Å²) in [5.74, 6) is -2.26. The van der Waals surface area contributed by atoms with Crippen molar-refractivity contribution in [3.05, 3.63) is 36.5 Å². The minimum atomic E-state index is -0.987. The van der Waals surface area contributed by atoms with E-state index in [9.17, 15) is 14.4 Å². The van der Waals surface area contributed by atoms with E-state index in [2.05, 4.69) is 6.58 Å². The molecule has 2 unspecified atom stereocenters. The fraction of sp³-hybridized carbons (Fsp3) is 0.438.